The summed E-state index contributed by atoms with van der Waals surface area (Å²) in [6, 6.07) is 17.2. The molecule has 28 heavy (non-hydrogen) atoms. The van der Waals surface area contributed by atoms with Gasteiger partial charge in [0, 0.05) is 7.05 Å². The van der Waals surface area contributed by atoms with Crippen molar-refractivity contribution >= 4 is 33.4 Å². The molecule has 0 fully saturated rings. The summed E-state index contributed by atoms with van der Waals surface area (Å²) >= 11 is 1.57. The van der Waals surface area contributed by atoms with Crippen LogP contribution in [0, 0.1) is 0 Å². The Morgan fingerprint density at radius 3 is 2.46 bits per heavy atom. The van der Waals surface area contributed by atoms with E-state index in [-0.39, 0.29) is 30.4 Å². The standard InChI is InChI=1S/C22H24N2O3S/c1-4-17(16-10-6-5-7-11-16)22(26)27-14-20(25)24(3)15(2)21-23-18-12-8-9-13-19(18)28-21/h5-13,15,17H,4,14H2,1-3H3/t15-,17+/m0/s1. The third-order valence-electron chi connectivity index (χ3n) is 4.87. The van der Waals surface area contributed by atoms with Gasteiger partial charge >= 0.3 is 5.97 Å². The number of likely N-dealkylation sites (N-methyl/N-ethyl adjacent to an activating group) is 1. The van der Waals surface area contributed by atoms with Gasteiger partial charge in [0.25, 0.3) is 5.91 Å². The highest BCUT2D eigenvalue weighted by atomic mass is 32.1. The molecule has 6 heteroatoms. The third kappa shape index (κ3) is 4.39. The van der Waals surface area contributed by atoms with Crippen LogP contribution in [0.5, 0.6) is 0 Å². The van der Waals surface area contributed by atoms with Gasteiger partial charge in [-0.3, -0.25) is 9.59 Å². The van der Waals surface area contributed by atoms with Crippen LogP contribution in [0.4, 0.5) is 0 Å². The van der Waals surface area contributed by atoms with Crippen molar-refractivity contribution in [2.75, 3.05) is 13.7 Å². The largest absolute Gasteiger partial charge is 0.455 e. The Balaban J connectivity index is 1.61. The number of aromatic nitrogens is 1. The lowest BCUT2D eigenvalue weighted by molar-refractivity contribution is -0.153. The number of para-hydroxylation sites is 1. The maximum absolute atomic E-state index is 12.6. The highest BCUT2D eigenvalue weighted by Crippen LogP contribution is 2.29. The molecule has 0 saturated heterocycles. The second-order valence-electron chi connectivity index (χ2n) is 6.68. The quantitative estimate of drug-likeness (QED) is 0.550. The van der Waals surface area contributed by atoms with E-state index in [9.17, 15) is 9.59 Å². The summed E-state index contributed by atoms with van der Waals surface area (Å²) in [5.41, 5.74) is 1.83. The molecule has 1 aromatic heterocycles. The first kappa shape index (κ1) is 20.0. The molecule has 2 atom stereocenters. The predicted molar refractivity (Wildman–Crippen MR) is 111 cm³/mol. The van der Waals surface area contributed by atoms with E-state index in [4.69, 9.17) is 4.74 Å². The smallest absolute Gasteiger partial charge is 0.313 e. The van der Waals surface area contributed by atoms with Gasteiger partial charge in [-0.25, -0.2) is 4.98 Å². The van der Waals surface area contributed by atoms with Crippen molar-refractivity contribution in [2.45, 2.75) is 32.2 Å². The van der Waals surface area contributed by atoms with Gasteiger partial charge in [0.2, 0.25) is 0 Å². The van der Waals surface area contributed by atoms with Crippen molar-refractivity contribution in [3.63, 3.8) is 0 Å². The van der Waals surface area contributed by atoms with E-state index in [0.717, 1.165) is 20.8 Å². The highest BCUT2D eigenvalue weighted by molar-refractivity contribution is 7.18. The number of hydrogen-bond acceptors (Lipinski definition) is 5. The zero-order chi connectivity index (χ0) is 20.1. The Hall–Kier alpha value is -2.73. The zero-order valence-corrected chi connectivity index (χ0v) is 17.1. The Morgan fingerprint density at radius 2 is 1.79 bits per heavy atom. The average molecular weight is 397 g/mol. The van der Waals surface area contributed by atoms with Crippen LogP contribution in [0.15, 0.2) is 54.6 Å². The molecule has 0 spiro atoms. The first-order valence-corrected chi connectivity index (χ1v) is 10.2. The van der Waals surface area contributed by atoms with Crippen LogP contribution in [0.2, 0.25) is 0 Å². The number of amides is 1. The molecule has 0 aliphatic carbocycles. The van der Waals surface area contributed by atoms with E-state index in [1.54, 1.807) is 23.3 Å². The van der Waals surface area contributed by atoms with E-state index in [1.165, 1.54) is 0 Å². The lowest BCUT2D eigenvalue weighted by Gasteiger charge is -2.23. The molecule has 146 valence electrons. The van der Waals surface area contributed by atoms with E-state index < -0.39 is 0 Å². The van der Waals surface area contributed by atoms with Crippen LogP contribution in [0.1, 0.15) is 42.8 Å². The predicted octanol–water partition coefficient (Wildman–Crippen LogP) is 4.55. The first-order valence-electron chi connectivity index (χ1n) is 9.34. The highest BCUT2D eigenvalue weighted by Gasteiger charge is 2.24. The molecular formula is C22H24N2O3S. The van der Waals surface area contributed by atoms with Gasteiger partial charge < -0.3 is 9.64 Å². The number of carbonyl (C=O) groups excluding carboxylic acids is 2. The van der Waals surface area contributed by atoms with E-state index in [1.807, 2.05) is 68.4 Å². The van der Waals surface area contributed by atoms with Crippen molar-refractivity contribution in [1.82, 2.24) is 9.88 Å². The maximum atomic E-state index is 12.6. The average Bonchev–Trinajstić information content (AvgIpc) is 3.16. The fourth-order valence-electron chi connectivity index (χ4n) is 3.01. The molecule has 5 nitrogen and oxygen atoms in total. The minimum Gasteiger partial charge on any atom is -0.455 e. The number of rotatable bonds is 7. The van der Waals surface area contributed by atoms with Crippen LogP contribution in [0.3, 0.4) is 0 Å². The summed E-state index contributed by atoms with van der Waals surface area (Å²) in [7, 11) is 1.71. The number of fused-ring (bicyclic) bond motifs is 1. The molecule has 0 radical (unpaired) electrons. The van der Waals surface area contributed by atoms with Crippen LogP contribution < -0.4 is 0 Å². The van der Waals surface area contributed by atoms with Gasteiger partial charge in [0.1, 0.15) is 5.01 Å². The lowest BCUT2D eigenvalue weighted by Crippen LogP contribution is -2.34. The molecule has 0 unspecified atom stereocenters. The molecule has 2 aromatic carbocycles. The summed E-state index contributed by atoms with van der Waals surface area (Å²) in [6.45, 7) is 3.59. The van der Waals surface area contributed by atoms with Gasteiger partial charge in [-0.15, -0.1) is 11.3 Å². The molecular weight excluding hydrogens is 372 g/mol. The Bertz CT molecular complexity index is 922. The van der Waals surface area contributed by atoms with Crippen LogP contribution in [-0.4, -0.2) is 35.4 Å². The van der Waals surface area contributed by atoms with Gasteiger partial charge in [-0.2, -0.15) is 0 Å². The molecule has 3 aromatic rings. The second kappa shape index (κ2) is 8.97. The van der Waals surface area contributed by atoms with Gasteiger partial charge in [-0.05, 0) is 31.0 Å². The maximum Gasteiger partial charge on any atom is 0.313 e. The number of ether oxygens (including phenoxy) is 1. The summed E-state index contributed by atoms with van der Waals surface area (Å²) in [5.74, 6) is -0.980. The lowest BCUT2D eigenvalue weighted by atomic mass is 9.97. The Morgan fingerprint density at radius 1 is 1.11 bits per heavy atom. The van der Waals surface area contributed by atoms with Gasteiger partial charge in [-0.1, -0.05) is 49.4 Å². The molecule has 0 N–H and O–H groups in total. The normalized spacial score (nSPS) is 13.1. The molecule has 3 rings (SSSR count). The summed E-state index contributed by atoms with van der Waals surface area (Å²) in [4.78, 5) is 31.2. The number of hydrogen-bond donors (Lipinski definition) is 0. The monoisotopic (exact) mass is 396 g/mol. The third-order valence-corrected chi connectivity index (χ3v) is 6.08. The van der Waals surface area contributed by atoms with E-state index >= 15 is 0 Å². The minimum absolute atomic E-state index is 0.195. The topological polar surface area (TPSA) is 59.5 Å². The van der Waals surface area contributed by atoms with Crippen molar-refractivity contribution in [3.05, 3.63) is 65.2 Å². The van der Waals surface area contributed by atoms with Crippen molar-refractivity contribution < 1.29 is 14.3 Å². The zero-order valence-electron chi connectivity index (χ0n) is 16.3. The van der Waals surface area contributed by atoms with Crippen molar-refractivity contribution in [3.8, 4) is 0 Å². The number of esters is 1. The van der Waals surface area contributed by atoms with Gasteiger partial charge in [0.05, 0.1) is 22.2 Å². The molecule has 0 saturated carbocycles. The van der Waals surface area contributed by atoms with Crippen LogP contribution in [-0.2, 0) is 14.3 Å². The Kier molecular flexibility index (Phi) is 6.41. The second-order valence-corrected chi connectivity index (χ2v) is 7.74. The summed E-state index contributed by atoms with van der Waals surface area (Å²) in [5, 5.41) is 0.860. The SMILES string of the molecule is CC[C@@H](C(=O)OCC(=O)N(C)[C@@H](C)c1nc2ccccc2s1)c1ccccc1. The number of nitrogens with zero attached hydrogens (tertiary/aromatic N) is 2. The van der Waals surface area contributed by atoms with Crippen LogP contribution in [0.25, 0.3) is 10.2 Å². The fraction of sp³-hybridized carbons (Fsp3) is 0.318. The summed E-state index contributed by atoms with van der Waals surface area (Å²) < 4.78 is 6.42. The molecule has 0 bridgehead atoms. The minimum atomic E-state index is -0.372. The number of carbonyl (C=O) groups is 2. The van der Waals surface area contributed by atoms with Gasteiger partial charge in [0.15, 0.2) is 6.61 Å². The molecule has 0 aliphatic heterocycles. The van der Waals surface area contributed by atoms with E-state index in [0.29, 0.717) is 6.42 Å². The molecule has 0 aliphatic rings. The number of thiazole rings is 1. The molecule has 1 amide bonds. The molecule has 1 heterocycles. The van der Waals surface area contributed by atoms with Crippen LogP contribution >= 0.6 is 11.3 Å². The van der Waals surface area contributed by atoms with Crippen molar-refractivity contribution in [1.29, 1.82) is 0 Å². The fourth-order valence-corrected chi connectivity index (χ4v) is 4.07. The summed E-state index contributed by atoms with van der Waals surface area (Å²) in [6.07, 6.45) is 0.620. The first-order chi connectivity index (χ1) is 13.5. The Labute approximate surface area is 169 Å². The number of benzene rings is 2. The van der Waals surface area contributed by atoms with E-state index in [2.05, 4.69) is 4.98 Å². The van der Waals surface area contributed by atoms with Crippen molar-refractivity contribution in [2.24, 2.45) is 0 Å².